The summed E-state index contributed by atoms with van der Waals surface area (Å²) in [6.07, 6.45) is 4.32. The Hall–Kier alpha value is -2.12. The van der Waals surface area contributed by atoms with Gasteiger partial charge in [0.1, 0.15) is 4.83 Å². The number of thioether (sulfide) groups is 1. The molecule has 3 aromatic rings. The zero-order valence-corrected chi connectivity index (χ0v) is 17.0. The Labute approximate surface area is 165 Å². The first kappa shape index (κ1) is 18.3. The Morgan fingerprint density at radius 2 is 2.00 bits per heavy atom. The van der Waals surface area contributed by atoms with Gasteiger partial charge in [0.05, 0.1) is 10.6 Å². The molecule has 5 nitrogen and oxygen atoms in total. The van der Waals surface area contributed by atoms with Crippen molar-refractivity contribution < 1.29 is 4.79 Å². The number of carbonyl (C=O) groups is 1. The molecule has 1 aliphatic rings. The van der Waals surface area contributed by atoms with Crippen LogP contribution in [0.5, 0.6) is 0 Å². The van der Waals surface area contributed by atoms with Gasteiger partial charge in [-0.25, -0.2) is 4.98 Å². The van der Waals surface area contributed by atoms with Crippen LogP contribution in [-0.4, -0.2) is 20.7 Å². The molecule has 1 amide bonds. The van der Waals surface area contributed by atoms with Crippen LogP contribution in [0.25, 0.3) is 10.2 Å². The van der Waals surface area contributed by atoms with E-state index in [1.165, 1.54) is 28.6 Å². The van der Waals surface area contributed by atoms with E-state index in [-0.39, 0.29) is 16.7 Å². The number of nitrogens with zero attached hydrogens (tertiary/aromatic N) is 2. The van der Waals surface area contributed by atoms with Crippen LogP contribution in [0.2, 0.25) is 0 Å². The summed E-state index contributed by atoms with van der Waals surface area (Å²) in [4.78, 5) is 32.3. The fraction of sp³-hybridized carbons (Fsp3) is 0.350. The van der Waals surface area contributed by atoms with Crippen molar-refractivity contribution in [3.63, 3.8) is 0 Å². The summed E-state index contributed by atoms with van der Waals surface area (Å²) in [5.41, 5.74) is 1.96. The van der Waals surface area contributed by atoms with Crippen LogP contribution in [0.3, 0.4) is 0 Å². The number of anilines is 1. The van der Waals surface area contributed by atoms with Crippen LogP contribution in [0, 0.1) is 0 Å². The fourth-order valence-corrected chi connectivity index (χ4v) is 5.53. The van der Waals surface area contributed by atoms with Gasteiger partial charge in [0.15, 0.2) is 5.16 Å². The molecule has 1 aromatic carbocycles. The molecular weight excluding hydrogens is 378 g/mol. The van der Waals surface area contributed by atoms with Gasteiger partial charge in [0, 0.05) is 17.6 Å². The molecule has 0 saturated carbocycles. The van der Waals surface area contributed by atoms with E-state index in [4.69, 9.17) is 4.98 Å². The van der Waals surface area contributed by atoms with Gasteiger partial charge in [-0.15, -0.1) is 11.3 Å². The zero-order chi connectivity index (χ0) is 19.0. The van der Waals surface area contributed by atoms with Gasteiger partial charge >= 0.3 is 0 Å². The normalized spacial score (nSPS) is 14.7. The number of para-hydroxylation sites is 1. The number of fused-ring (bicyclic) bond motifs is 3. The summed E-state index contributed by atoms with van der Waals surface area (Å²) < 4.78 is 1.58. The van der Waals surface area contributed by atoms with Crippen molar-refractivity contribution in [1.82, 2.24) is 9.55 Å². The number of benzene rings is 1. The summed E-state index contributed by atoms with van der Waals surface area (Å²) in [5, 5.41) is 3.90. The van der Waals surface area contributed by atoms with E-state index in [0.717, 1.165) is 35.2 Å². The van der Waals surface area contributed by atoms with Crippen LogP contribution in [0.15, 0.2) is 40.3 Å². The molecule has 0 bridgehead atoms. The van der Waals surface area contributed by atoms with E-state index in [9.17, 15) is 9.59 Å². The first-order valence-corrected chi connectivity index (χ1v) is 10.8. The Morgan fingerprint density at radius 3 is 2.78 bits per heavy atom. The molecule has 0 aliphatic heterocycles. The Morgan fingerprint density at radius 1 is 1.26 bits per heavy atom. The maximum Gasteiger partial charge on any atom is 0.262 e. The van der Waals surface area contributed by atoms with Gasteiger partial charge in [-0.1, -0.05) is 30.0 Å². The number of nitrogens with one attached hydrogen (secondary N) is 1. The Bertz CT molecular complexity index is 1060. The minimum atomic E-state index is -0.365. The summed E-state index contributed by atoms with van der Waals surface area (Å²) in [6, 6.07) is 9.37. The molecule has 1 N–H and O–H groups in total. The van der Waals surface area contributed by atoms with Gasteiger partial charge in [-0.2, -0.15) is 0 Å². The smallest absolute Gasteiger partial charge is 0.262 e. The first-order chi connectivity index (χ1) is 13.0. The number of amides is 1. The van der Waals surface area contributed by atoms with Gasteiger partial charge in [0.25, 0.3) is 5.56 Å². The second-order valence-corrected chi connectivity index (χ2v) is 9.16. The standard InChI is InChI=1S/C20H21N3O2S2/c1-12(17(24)21-13-8-4-3-5-9-13)26-20-22-18-16(19(25)23(20)2)14-10-6-7-11-15(14)27-18/h3-5,8-9,12H,6-7,10-11H2,1-2H3,(H,21,24). The third-order valence-corrected chi connectivity index (χ3v) is 7.18. The maximum atomic E-state index is 12.9. The van der Waals surface area contributed by atoms with E-state index in [1.54, 1.807) is 23.0 Å². The highest BCUT2D eigenvalue weighted by atomic mass is 32.2. The largest absolute Gasteiger partial charge is 0.325 e. The molecule has 0 fully saturated rings. The number of hydrogen-bond donors (Lipinski definition) is 1. The molecule has 0 radical (unpaired) electrons. The van der Waals surface area contributed by atoms with E-state index >= 15 is 0 Å². The van der Waals surface area contributed by atoms with E-state index in [1.807, 2.05) is 37.3 Å². The first-order valence-electron chi connectivity index (χ1n) is 9.08. The van der Waals surface area contributed by atoms with E-state index < -0.39 is 0 Å². The number of hydrogen-bond acceptors (Lipinski definition) is 5. The predicted molar refractivity (Wildman–Crippen MR) is 112 cm³/mol. The molecule has 1 unspecified atom stereocenters. The Kier molecular flexibility index (Phi) is 5.06. The minimum absolute atomic E-state index is 0.00225. The second-order valence-electron chi connectivity index (χ2n) is 6.76. The van der Waals surface area contributed by atoms with Crippen molar-refractivity contribution >= 4 is 44.9 Å². The number of carbonyl (C=O) groups excluding carboxylic acids is 1. The van der Waals surface area contributed by atoms with Crippen LogP contribution in [-0.2, 0) is 24.7 Å². The molecule has 7 heteroatoms. The fourth-order valence-electron chi connectivity index (χ4n) is 3.35. The maximum absolute atomic E-state index is 12.9. The highest BCUT2D eigenvalue weighted by Gasteiger charge is 2.23. The molecule has 140 valence electrons. The summed E-state index contributed by atoms with van der Waals surface area (Å²) in [6.45, 7) is 1.83. The van der Waals surface area contributed by atoms with Crippen molar-refractivity contribution in [1.29, 1.82) is 0 Å². The summed E-state index contributed by atoms with van der Waals surface area (Å²) >= 11 is 2.96. The second kappa shape index (κ2) is 7.48. The van der Waals surface area contributed by atoms with E-state index in [2.05, 4.69) is 5.32 Å². The number of aryl methyl sites for hydroxylation is 2. The molecule has 27 heavy (non-hydrogen) atoms. The molecule has 4 rings (SSSR count). The lowest BCUT2D eigenvalue weighted by molar-refractivity contribution is -0.115. The van der Waals surface area contributed by atoms with Gasteiger partial charge in [-0.3, -0.25) is 14.2 Å². The van der Waals surface area contributed by atoms with Gasteiger partial charge in [-0.05, 0) is 50.3 Å². The molecule has 1 atom stereocenters. The van der Waals surface area contributed by atoms with Crippen LogP contribution in [0.4, 0.5) is 5.69 Å². The monoisotopic (exact) mass is 399 g/mol. The lowest BCUT2D eigenvalue weighted by Gasteiger charge is -2.14. The molecule has 2 aromatic heterocycles. The van der Waals surface area contributed by atoms with E-state index in [0.29, 0.717) is 5.16 Å². The molecule has 0 saturated heterocycles. The SMILES string of the molecule is CC(Sc1nc2sc3c(c2c(=O)n1C)CCCC3)C(=O)Nc1ccccc1. The van der Waals surface area contributed by atoms with Crippen molar-refractivity contribution in [2.75, 3.05) is 5.32 Å². The lowest BCUT2D eigenvalue weighted by Crippen LogP contribution is -2.25. The quantitative estimate of drug-likeness (QED) is 0.532. The van der Waals surface area contributed by atoms with Crippen molar-refractivity contribution in [2.45, 2.75) is 43.0 Å². The number of thiophene rings is 1. The lowest BCUT2D eigenvalue weighted by atomic mass is 9.97. The third-order valence-electron chi connectivity index (χ3n) is 4.85. The number of aromatic nitrogens is 2. The van der Waals surface area contributed by atoms with Crippen LogP contribution in [0.1, 0.15) is 30.2 Å². The van der Waals surface area contributed by atoms with Crippen LogP contribution < -0.4 is 10.9 Å². The number of rotatable bonds is 4. The third kappa shape index (κ3) is 3.53. The van der Waals surface area contributed by atoms with Gasteiger partial charge in [0.2, 0.25) is 5.91 Å². The molecule has 1 aliphatic carbocycles. The van der Waals surface area contributed by atoms with Crippen LogP contribution >= 0.6 is 23.1 Å². The molecule has 0 spiro atoms. The minimum Gasteiger partial charge on any atom is -0.325 e. The summed E-state index contributed by atoms with van der Waals surface area (Å²) in [5.74, 6) is -0.106. The highest BCUT2D eigenvalue weighted by molar-refractivity contribution is 8.00. The van der Waals surface area contributed by atoms with Crippen molar-refractivity contribution in [3.05, 3.63) is 51.1 Å². The average Bonchev–Trinajstić information content (AvgIpc) is 3.05. The highest BCUT2D eigenvalue weighted by Crippen LogP contribution is 2.35. The van der Waals surface area contributed by atoms with Gasteiger partial charge < -0.3 is 5.32 Å². The van der Waals surface area contributed by atoms with Crippen molar-refractivity contribution in [2.24, 2.45) is 7.05 Å². The topological polar surface area (TPSA) is 64.0 Å². The molecule has 2 heterocycles. The Balaban J connectivity index is 1.61. The predicted octanol–water partition coefficient (Wildman–Crippen LogP) is 3.99. The average molecular weight is 400 g/mol. The molecular formula is C20H21N3O2S2. The summed E-state index contributed by atoms with van der Waals surface area (Å²) in [7, 11) is 1.74. The zero-order valence-electron chi connectivity index (χ0n) is 15.3. The van der Waals surface area contributed by atoms with Crippen molar-refractivity contribution in [3.8, 4) is 0 Å².